The molecule has 100 valence electrons. The lowest BCUT2D eigenvalue weighted by Gasteiger charge is -2.23. The SMILES string of the molecule is CCCC(NC(=O)N(CCC)CCO)C(=O)O. The zero-order chi connectivity index (χ0) is 13.3. The van der Waals surface area contributed by atoms with Crippen LogP contribution >= 0.6 is 0 Å². The van der Waals surface area contributed by atoms with E-state index in [4.69, 9.17) is 10.2 Å². The predicted molar refractivity (Wildman–Crippen MR) is 63.8 cm³/mol. The normalized spacial score (nSPS) is 11.9. The maximum absolute atomic E-state index is 11.8. The smallest absolute Gasteiger partial charge is 0.326 e. The van der Waals surface area contributed by atoms with Gasteiger partial charge in [-0.25, -0.2) is 9.59 Å². The van der Waals surface area contributed by atoms with E-state index in [0.717, 1.165) is 6.42 Å². The fourth-order valence-electron chi connectivity index (χ4n) is 1.49. The number of rotatable bonds is 8. The van der Waals surface area contributed by atoms with Crippen molar-refractivity contribution >= 4 is 12.0 Å². The van der Waals surface area contributed by atoms with Crippen molar-refractivity contribution < 1.29 is 19.8 Å². The number of carboxylic acid groups (broad SMARTS) is 1. The average molecular weight is 246 g/mol. The van der Waals surface area contributed by atoms with E-state index in [1.807, 2.05) is 13.8 Å². The Morgan fingerprint density at radius 3 is 2.29 bits per heavy atom. The zero-order valence-corrected chi connectivity index (χ0v) is 10.5. The summed E-state index contributed by atoms with van der Waals surface area (Å²) in [7, 11) is 0. The number of carbonyl (C=O) groups is 2. The second-order valence-electron chi connectivity index (χ2n) is 3.84. The fourth-order valence-corrected chi connectivity index (χ4v) is 1.49. The third-order valence-corrected chi connectivity index (χ3v) is 2.32. The second-order valence-corrected chi connectivity index (χ2v) is 3.84. The minimum absolute atomic E-state index is 0.126. The van der Waals surface area contributed by atoms with Gasteiger partial charge in [0.05, 0.1) is 6.61 Å². The van der Waals surface area contributed by atoms with Gasteiger partial charge in [-0.1, -0.05) is 20.3 Å². The summed E-state index contributed by atoms with van der Waals surface area (Å²) in [4.78, 5) is 24.1. The summed E-state index contributed by atoms with van der Waals surface area (Å²) in [6.07, 6.45) is 1.85. The largest absolute Gasteiger partial charge is 0.480 e. The quantitative estimate of drug-likeness (QED) is 0.586. The van der Waals surface area contributed by atoms with Gasteiger partial charge in [-0.05, 0) is 12.8 Å². The van der Waals surface area contributed by atoms with E-state index in [-0.39, 0.29) is 13.2 Å². The van der Waals surface area contributed by atoms with Gasteiger partial charge in [0.2, 0.25) is 0 Å². The van der Waals surface area contributed by atoms with Gasteiger partial charge in [-0.3, -0.25) is 0 Å². The van der Waals surface area contributed by atoms with Crippen molar-refractivity contribution in [3.8, 4) is 0 Å². The van der Waals surface area contributed by atoms with Crippen LogP contribution in [0.2, 0.25) is 0 Å². The molecule has 0 aromatic heterocycles. The number of hydrogen-bond donors (Lipinski definition) is 3. The molecule has 1 unspecified atom stereocenters. The van der Waals surface area contributed by atoms with Crippen molar-refractivity contribution in [1.29, 1.82) is 0 Å². The number of hydrogen-bond acceptors (Lipinski definition) is 3. The Morgan fingerprint density at radius 1 is 1.24 bits per heavy atom. The van der Waals surface area contributed by atoms with Crippen LogP contribution in [0.3, 0.4) is 0 Å². The molecule has 0 aliphatic heterocycles. The van der Waals surface area contributed by atoms with E-state index in [1.54, 1.807) is 0 Å². The number of amides is 2. The first kappa shape index (κ1) is 15.7. The van der Waals surface area contributed by atoms with Gasteiger partial charge in [-0.2, -0.15) is 0 Å². The van der Waals surface area contributed by atoms with Gasteiger partial charge >= 0.3 is 12.0 Å². The molecule has 17 heavy (non-hydrogen) atoms. The highest BCUT2D eigenvalue weighted by atomic mass is 16.4. The number of nitrogens with zero attached hydrogens (tertiary/aromatic N) is 1. The highest BCUT2D eigenvalue weighted by Gasteiger charge is 2.21. The Hall–Kier alpha value is -1.30. The van der Waals surface area contributed by atoms with Gasteiger partial charge in [0.1, 0.15) is 6.04 Å². The van der Waals surface area contributed by atoms with Crippen LogP contribution in [0.1, 0.15) is 33.1 Å². The Morgan fingerprint density at radius 2 is 1.88 bits per heavy atom. The summed E-state index contributed by atoms with van der Waals surface area (Å²) in [6, 6.07) is -1.28. The van der Waals surface area contributed by atoms with Crippen molar-refractivity contribution in [3.63, 3.8) is 0 Å². The third-order valence-electron chi connectivity index (χ3n) is 2.32. The van der Waals surface area contributed by atoms with Gasteiger partial charge < -0.3 is 20.4 Å². The van der Waals surface area contributed by atoms with Crippen molar-refractivity contribution in [2.45, 2.75) is 39.2 Å². The summed E-state index contributed by atoms with van der Waals surface area (Å²) in [6.45, 7) is 4.37. The molecule has 0 aliphatic rings. The second kappa shape index (κ2) is 8.81. The van der Waals surface area contributed by atoms with Gasteiger partial charge in [0.25, 0.3) is 0 Å². The average Bonchev–Trinajstić information content (AvgIpc) is 2.28. The number of aliphatic hydroxyl groups excluding tert-OH is 1. The molecule has 0 fully saturated rings. The van der Waals surface area contributed by atoms with Crippen LogP contribution in [0, 0.1) is 0 Å². The summed E-state index contributed by atoms with van der Waals surface area (Å²) < 4.78 is 0. The lowest BCUT2D eigenvalue weighted by molar-refractivity contribution is -0.139. The van der Waals surface area contributed by atoms with Crippen LogP contribution in [-0.4, -0.2) is 52.9 Å². The van der Waals surface area contributed by atoms with Crippen LogP contribution in [0.4, 0.5) is 4.79 Å². The highest BCUT2D eigenvalue weighted by molar-refractivity contribution is 5.82. The molecular formula is C11H22N2O4. The molecule has 0 bridgehead atoms. The lowest BCUT2D eigenvalue weighted by Crippen LogP contribution is -2.48. The molecule has 0 radical (unpaired) electrons. The maximum Gasteiger partial charge on any atom is 0.326 e. The molecule has 0 aliphatic carbocycles. The number of carbonyl (C=O) groups excluding carboxylic acids is 1. The van der Waals surface area contributed by atoms with Crippen LogP contribution in [-0.2, 0) is 4.79 Å². The molecule has 0 aromatic rings. The molecule has 2 amide bonds. The number of aliphatic carboxylic acids is 1. The topological polar surface area (TPSA) is 89.9 Å². The number of aliphatic hydroxyl groups is 1. The minimum Gasteiger partial charge on any atom is -0.480 e. The van der Waals surface area contributed by atoms with Crippen molar-refractivity contribution in [2.75, 3.05) is 19.7 Å². The molecule has 1 atom stereocenters. The van der Waals surface area contributed by atoms with E-state index < -0.39 is 18.0 Å². The summed E-state index contributed by atoms with van der Waals surface area (Å²) in [5.41, 5.74) is 0. The summed E-state index contributed by atoms with van der Waals surface area (Å²) in [5, 5.41) is 20.2. The number of nitrogens with one attached hydrogen (secondary N) is 1. The molecule has 0 heterocycles. The van der Waals surface area contributed by atoms with Crippen molar-refractivity contribution in [2.24, 2.45) is 0 Å². The minimum atomic E-state index is -1.03. The summed E-state index contributed by atoms with van der Waals surface area (Å²) in [5.74, 6) is -1.03. The van der Waals surface area contributed by atoms with E-state index in [0.29, 0.717) is 19.4 Å². The molecule has 0 aromatic carbocycles. The Kier molecular flexibility index (Phi) is 8.13. The Balaban J connectivity index is 4.38. The number of urea groups is 1. The van der Waals surface area contributed by atoms with Crippen molar-refractivity contribution in [3.05, 3.63) is 0 Å². The van der Waals surface area contributed by atoms with E-state index in [1.165, 1.54) is 4.90 Å². The highest BCUT2D eigenvalue weighted by Crippen LogP contribution is 2.00. The van der Waals surface area contributed by atoms with Crippen LogP contribution < -0.4 is 5.32 Å². The van der Waals surface area contributed by atoms with Crippen LogP contribution in [0.5, 0.6) is 0 Å². The molecule has 0 spiro atoms. The predicted octanol–water partition coefficient (Wildman–Crippen LogP) is 0.654. The molecule has 6 heteroatoms. The molecule has 6 nitrogen and oxygen atoms in total. The third kappa shape index (κ3) is 6.11. The maximum atomic E-state index is 11.8. The molecular weight excluding hydrogens is 224 g/mol. The van der Waals surface area contributed by atoms with Crippen LogP contribution in [0.15, 0.2) is 0 Å². The van der Waals surface area contributed by atoms with Crippen LogP contribution in [0.25, 0.3) is 0 Å². The first-order valence-corrected chi connectivity index (χ1v) is 5.95. The zero-order valence-electron chi connectivity index (χ0n) is 10.5. The fraction of sp³-hybridized carbons (Fsp3) is 0.818. The summed E-state index contributed by atoms with van der Waals surface area (Å²) >= 11 is 0. The first-order valence-electron chi connectivity index (χ1n) is 5.95. The molecule has 3 N–H and O–H groups in total. The monoisotopic (exact) mass is 246 g/mol. The van der Waals surface area contributed by atoms with E-state index in [9.17, 15) is 9.59 Å². The lowest BCUT2D eigenvalue weighted by atomic mass is 10.2. The number of carboxylic acids is 1. The Labute approximate surface area is 102 Å². The van der Waals surface area contributed by atoms with E-state index >= 15 is 0 Å². The van der Waals surface area contributed by atoms with Gasteiger partial charge in [0, 0.05) is 13.1 Å². The first-order chi connectivity index (χ1) is 8.06. The van der Waals surface area contributed by atoms with Crippen molar-refractivity contribution in [1.82, 2.24) is 10.2 Å². The van der Waals surface area contributed by atoms with Gasteiger partial charge in [-0.15, -0.1) is 0 Å². The van der Waals surface area contributed by atoms with E-state index in [2.05, 4.69) is 5.32 Å². The molecule has 0 saturated carbocycles. The standard InChI is InChI=1S/C11H22N2O4/c1-3-5-9(10(15)16)12-11(17)13(6-4-2)7-8-14/h9,14H,3-8H2,1-2H3,(H,12,17)(H,15,16). The Bertz CT molecular complexity index is 240. The molecule has 0 rings (SSSR count). The molecule has 0 saturated heterocycles. The van der Waals surface area contributed by atoms with Gasteiger partial charge in [0.15, 0.2) is 0 Å².